The monoisotopic (exact) mass is 328 g/mol. The fourth-order valence-electron chi connectivity index (χ4n) is 2.67. The molecule has 124 valence electrons. The fraction of sp³-hybridized carbons (Fsp3) is 0.400. The first kappa shape index (κ1) is 15.7. The van der Waals surface area contributed by atoms with Crippen LogP contribution in [0.2, 0.25) is 0 Å². The standard InChI is InChI=1S/C15H16N6O3/c16-7-11-1-2-12(17-8-11)19-3-5-20(6-4-19)14(23)10-21-13(22)9-18-15(21)24/h1-2,8H,3-6,9-10H2,(H,18,24). The van der Waals surface area contributed by atoms with Crippen LogP contribution in [0.3, 0.4) is 0 Å². The molecule has 2 saturated heterocycles. The van der Waals surface area contributed by atoms with Crippen molar-refractivity contribution in [2.45, 2.75) is 0 Å². The number of piperazine rings is 1. The summed E-state index contributed by atoms with van der Waals surface area (Å²) in [5, 5.41) is 11.2. The van der Waals surface area contributed by atoms with Crippen LogP contribution in [0.5, 0.6) is 0 Å². The molecule has 1 aromatic heterocycles. The van der Waals surface area contributed by atoms with E-state index in [-0.39, 0.29) is 24.9 Å². The molecule has 9 nitrogen and oxygen atoms in total. The van der Waals surface area contributed by atoms with Gasteiger partial charge in [0.25, 0.3) is 5.91 Å². The van der Waals surface area contributed by atoms with Gasteiger partial charge in [-0.15, -0.1) is 0 Å². The Bertz CT molecular complexity index is 687. The molecule has 0 spiro atoms. The second-order valence-corrected chi connectivity index (χ2v) is 5.52. The Morgan fingerprint density at radius 3 is 2.54 bits per heavy atom. The van der Waals surface area contributed by atoms with Crippen molar-refractivity contribution in [2.75, 3.05) is 44.2 Å². The average molecular weight is 328 g/mol. The number of carbonyl (C=O) groups is 3. The van der Waals surface area contributed by atoms with Gasteiger partial charge in [0, 0.05) is 32.4 Å². The van der Waals surface area contributed by atoms with Crippen LogP contribution >= 0.6 is 0 Å². The molecule has 2 fully saturated rings. The molecule has 0 saturated carbocycles. The number of carbonyl (C=O) groups excluding carboxylic acids is 3. The molecular formula is C15H16N6O3. The van der Waals surface area contributed by atoms with Gasteiger partial charge in [0.1, 0.15) is 18.4 Å². The van der Waals surface area contributed by atoms with Crippen molar-refractivity contribution >= 4 is 23.7 Å². The number of imide groups is 1. The average Bonchev–Trinajstić information content (AvgIpc) is 2.94. The number of urea groups is 1. The van der Waals surface area contributed by atoms with E-state index in [1.165, 1.54) is 6.20 Å². The lowest BCUT2D eigenvalue weighted by atomic mass is 10.2. The van der Waals surface area contributed by atoms with Crippen LogP contribution < -0.4 is 10.2 Å². The zero-order valence-electron chi connectivity index (χ0n) is 12.9. The topological polar surface area (TPSA) is 110 Å². The van der Waals surface area contributed by atoms with E-state index in [0.29, 0.717) is 31.7 Å². The van der Waals surface area contributed by atoms with Crippen LogP contribution in [0.15, 0.2) is 18.3 Å². The van der Waals surface area contributed by atoms with Gasteiger partial charge in [0.05, 0.1) is 12.1 Å². The van der Waals surface area contributed by atoms with E-state index in [1.807, 2.05) is 11.0 Å². The Labute approximate surface area is 138 Å². The third-order valence-electron chi connectivity index (χ3n) is 4.06. The first-order valence-corrected chi connectivity index (χ1v) is 7.55. The zero-order valence-corrected chi connectivity index (χ0v) is 12.9. The van der Waals surface area contributed by atoms with Crippen molar-refractivity contribution in [3.8, 4) is 6.07 Å². The lowest BCUT2D eigenvalue weighted by Gasteiger charge is -2.35. The molecule has 1 N–H and O–H groups in total. The van der Waals surface area contributed by atoms with Crippen LogP contribution in [-0.4, -0.2) is 71.9 Å². The Balaban J connectivity index is 1.54. The minimum absolute atomic E-state index is 0.0513. The van der Waals surface area contributed by atoms with Crippen LogP contribution in [0, 0.1) is 11.3 Å². The smallest absolute Gasteiger partial charge is 0.325 e. The maximum Gasteiger partial charge on any atom is 0.325 e. The van der Waals surface area contributed by atoms with E-state index in [2.05, 4.69) is 10.3 Å². The number of nitriles is 1. The van der Waals surface area contributed by atoms with Crippen LogP contribution in [0.1, 0.15) is 5.56 Å². The number of hydrogen-bond donors (Lipinski definition) is 1. The normalized spacial score (nSPS) is 17.7. The lowest BCUT2D eigenvalue weighted by Crippen LogP contribution is -2.52. The first-order chi connectivity index (χ1) is 11.6. The van der Waals surface area contributed by atoms with E-state index in [4.69, 9.17) is 5.26 Å². The summed E-state index contributed by atoms with van der Waals surface area (Å²) in [5.74, 6) is 0.136. The second kappa shape index (κ2) is 6.54. The van der Waals surface area contributed by atoms with Crippen molar-refractivity contribution in [1.29, 1.82) is 5.26 Å². The molecule has 0 atom stereocenters. The number of anilines is 1. The minimum atomic E-state index is -0.520. The summed E-state index contributed by atoms with van der Waals surface area (Å²) in [6.07, 6.45) is 1.52. The summed E-state index contributed by atoms with van der Waals surface area (Å²) in [4.78, 5) is 44.1. The molecule has 0 aliphatic carbocycles. The molecule has 4 amide bonds. The molecule has 3 heterocycles. The van der Waals surface area contributed by atoms with Gasteiger partial charge in [-0.25, -0.2) is 9.78 Å². The quantitative estimate of drug-likeness (QED) is 0.724. The summed E-state index contributed by atoms with van der Waals surface area (Å²) in [5.41, 5.74) is 0.501. The van der Waals surface area contributed by atoms with Crippen molar-refractivity contribution in [3.05, 3.63) is 23.9 Å². The van der Waals surface area contributed by atoms with E-state index in [9.17, 15) is 14.4 Å². The minimum Gasteiger partial charge on any atom is -0.353 e. The lowest BCUT2D eigenvalue weighted by molar-refractivity contribution is -0.136. The van der Waals surface area contributed by atoms with Crippen molar-refractivity contribution in [2.24, 2.45) is 0 Å². The molecule has 1 aromatic rings. The Kier molecular flexibility index (Phi) is 4.29. The predicted molar refractivity (Wildman–Crippen MR) is 82.9 cm³/mol. The molecule has 24 heavy (non-hydrogen) atoms. The van der Waals surface area contributed by atoms with Gasteiger partial charge in [-0.2, -0.15) is 5.26 Å². The largest absolute Gasteiger partial charge is 0.353 e. The van der Waals surface area contributed by atoms with Gasteiger partial charge < -0.3 is 15.1 Å². The van der Waals surface area contributed by atoms with E-state index in [1.54, 1.807) is 17.0 Å². The van der Waals surface area contributed by atoms with Gasteiger partial charge in [0.2, 0.25) is 5.91 Å². The maximum absolute atomic E-state index is 12.3. The van der Waals surface area contributed by atoms with E-state index < -0.39 is 6.03 Å². The summed E-state index contributed by atoms with van der Waals surface area (Å²) >= 11 is 0. The highest BCUT2D eigenvalue weighted by molar-refractivity contribution is 6.04. The van der Waals surface area contributed by atoms with Gasteiger partial charge in [0.15, 0.2) is 0 Å². The zero-order chi connectivity index (χ0) is 17.1. The van der Waals surface area contributed by atoms with Gasteiger partial charge in [-0.05, 0) is 12.1 Å². The molecule has 3 rings (SSSR count). The van der Waals surface area contributed by atoms with Crippen LogP contribution in [-0.2, 0) is 9.59 Å². The SMILES string of the molecule is N#Cc1ccc(N2CCN(C(=O)CN3C(=O)CNC3=O)CC2)nc1. The Hall–Kier alpha value is -3.15. The molecule has 2 aliphatic heterocycles. The van der Waals surface area contributed by atoms with Crippen LogP contribution in [0.25, 0.3) is 0 Å². The number of hydrogen-bond acceptors (Lipinski definition) is 6. The predicted octanol–water partition coefficient (Wildman–Crippen LogP) is -0.846. The number of nitrogens with zero attached hydrogens (tertiary/aromatic N) is 5. The molecule has 0 aromatic carbocycles. The summed E-state index contributed by atoms with van der Waals surface area (Å²) < 4.78 is 0. The number of amides is 4. The maximum atomic E-state index is 12.3. The van der Waals surface area contributed by atoms with Gasteiger partial charge >= 0.3 is 6.03 Å². The molecule has 0 unspecified atom stereocenters. The summed E-state index contributed by atoms with van der Waals surface area (Å²) in [7, 11) is 0. The van der Waals surface area contributed by atoms with Crippen molar-refractivity contribution in [1.82, 2.24) is 20.1 Å². The third kappa shape index (κ3) is 3.12. The van der Waals surface area contributed by atoms with Crippen LogP contribution in [0.4, 0.5) is 10.6 Å². The fourth-order valence-corrected chi connectivity index (χ4v) is 2.67. The van der Waals surface area contributed by atoms with Crippen molar-refractivity contribution < 1.29 is 14.4 Å². The van der Waals surface area contributed by atoms with Gasteiger partial charge in [-0.1, -0.05) is 0 Å². The highest BCUT2D eigenvalue weighted by Crippen LogP contribution is 2.14. The number of rotatable bonds is 3. The highest BCUT2D eigenvalue weighted by Gasteiger charge is 2.32. The molecule has 0 radical (unpaired) electrons. The number of pyridine rings is 1. The molecule has 2 aliphatic rings. The number of nitrogens with one attached hydrogen (secondary N) is 1. The Morgan fingerprint density at radius 2 is 2.00 bits per heavy atom. The van der Waals surface area contributed by atoms with Gasteiger partial charge in [-0.3, -0.25) is 14.5 Å². The molecule has 0 bridgehead atoms. The molecule has 9 heteroatoms. The molecular weight excluding hydrogens is 312 g/mol. The van der Waals surface area contributed by atoms with Crippen molar-refractivity contribution in [3.63, 3.8) is 0 Å². The van der Waals surface area contributed by atoms with E-state index in [0.717, 1.165) is 10.7 Å². The van der Waals surface area contributed by atoms with E-state index >= 15 is 0 Å². The number of aromatic nitrogens is 1. The first-order valence-electron chi connectivity index (χ1n) is 7.55. The third-order valence-corrected chi connectivity index (χ3v) is 4.06. The Morgan fingerprint density at radius 1 is 1.25 bits per heavy atom. The second-order valence-electron chi connectivity index (χ2n) is 5.52. The summed E-state index contributed by atoms with van der Waals surface area (Å²) in [6.45, 7) is 1.91. The highest BCUT2D eigenvalue weighted by atomic mass is 16.2. The summed E-state index contributed by atoms with van der Waals surface area (Å²) in [6, 6.07) is 4.99.